The third kappa shape index (κ3) is 4.15. The maximum atomic E-state index is 12.7. The van der Waals surface area contributed by atoms with Crippen molar-refractivity contribution in [1.82, 2.24) is 24.6 Å². The van der Waals surface area contributed by atoms with Crippen molar-refractivity contribution in [2.24, 2.45) is 7.05 Å². The summed E-state index contributed by atoms with van der Waals surface area (Å²) in [5.74, 6) is 0.707. The molecule has 3 rings (SSSR count). The lowest BCUT2D eigenvalue weighted by Crippen LogP contribution is -2.32. The van der Waals surface area contributed by atoms with Gasteiger partial charge in [0.05, 0.1) is 17.5 Å². The van der Waals surface area contributed by atoms with Crippen LogP contribution >= 0.6 is 0 Å². The van der Waals surface area contributed by atoms with Crippen LogP contribution in [0.25, 0.3) is 0 Å². The summed E-state index contributed by atoms with van der Waals surface area (Å²) >= 11 is 0. The molecule has 25 heavy (non-hydrogen) atoms. The molecule has 0 N–H and O–H groups in total. The van der Waals surface area contributed by atoms with Crippen LogP contribution in [0, 0.1) is 6.92 Å². The Hall–Kier alpha value is -2.44. The minimum atomic E-state index is -0.0356. The molecule has 2 aromatic heterocycles. The van der Waals surface area contributed by atoms with E-state index in [-0.39, 0.29) is 5.91 Å². The Balaban J connectivity index is 1.64. The first-order valence-electron chi connectivity index (χ1n) is 8.86. The molecule has 0 bridgehead atoms. The van der Waals surface area contributed by atoms with Gasteiger partial charge in [-0.3, -0.25) is 9.48 Å². The Bertz CT molecular complexity index is 735. The zero-order chi connectivity index (χ0) is 17.8. The molecule has 1 saturated heterocycles. The molecule has 134 valence electrons. The van der Waals surface area contributed by atoms with Crippen LogP contribution in [0.3, 0.4) is 0 Å². The molecule has 0 atom stereocenters. The topological polar surface area (TPSA) is 67.2 Å². The SMILES string of the molecule is Cc1nc(N2CCCCC2)ncc1C(=O)N(C)CCc1cnn(C)c1. The summed E-state index contributed by atoms with van der Waals surface area (Å²) in [4.78, 5) is 25.6. The quantitative estimate of drug-likeness (QED) is 0.829. The first-order chi connectivity index (χ1) is 12.0. The summed E-state index contributed by atoms with van der Waals surface area (Å²) in [6, 6.07) is 0. The third-order valence-electron chi connectivity index (χ3n) is 4.68. The maximum absolute atomic E-state index is 12.7. The normalized spacial score (nSPS) is 14.6. The molecule has 0 unspecified atom stereocenters. The lowest BCUT2D eigenvalue weighted by Gasteiger charge is -2.27. The van der Waals surface area contributed by atoms with Crippen molar-refractivity contribution < 1.29 is 4.79 Å². The number of nitrogens with zero attached hydrogens (tertiary/aromatic N) is 6. The maximum Gasteiger partial charge on any atom is 0.257 e. The molecule has 0 aliphatic carbocycles. The Morgan fingerprint density at radius 3 is 2.64 bits per heavy atom. The highest BCUT2D eigenvalue weighted by molar-refractivity contribution is 5.94. The summed E-state index contributed by atoms with van der Waals surface area (Å²) in [6.07, 6.45) is 9.89. The van der Waals surface area contributed by atoms with Crippen molar-refractivity contribution in [1.29, 1.82) is 0 Å². The fourth-order valence-corrected chi connectivity index (χ4v) is 3.12. The zero-order valence-corrected chi connectivity index (χ0v) is 15.3. The van der Waals surface area contributed by atoms with Gasteiger partial charge >= 0.3 is 0 Å². The van der Waals surface area contributed by atoms with Crippen LogP contribution < -0.4 is 4.90 Å². The molecule has 7 nitrogen and oxygen atoms in total. The molecule has 0 saturated carbocycles. The Labute approximate surface area is 148 Å². The van der Waals surface area contributed by atoms with Gasteiger partial charge in [-0.15, -0.1) is 0 Å². The second-order valence-corrected chi connectivity index (χ2v) is 6.72. The van der Waals surface area contributed by atoms with E-state index in [1.54, 1.807) is 15.8 Å². The molecule has 1 aliphatic rings. The van der Waals surface area contributed by atoms with Crippen molar-refractivity contribution in [3.63, 3.8) is 0 Å². The van der Waals surface area contributed by atoms with Crippen LogP contribution in [-0.4, -0.2) is 57.2 Å². The average Bonchev–Trinajstić information content (AvgIpc) is 3.05. The number of piperidine rings is 1. The number of carbonyl (C=O) groups is 1. The van der Waals surface area contributed by atoms with Crippen LogP contribution in [-0.2, 0) is 13.5 Å². The second-order valence-electron chi connectivity index (χ2n) is 6.72. The standard InChI is InChI=1S/C18H26N6O/c1-14-16(12-19-18(21-14)24-8-5-4-6-9-24)17(25)22(2)10-7-15-11-20-23(3)13-15/h11-13H,4-10H2,1-3H3. The lowest BCUT2D eigenvalue weighted by atomic mass is 10.1. The van der Waals surface area contributed by atoms with E-state index in [2.05, 4.69) is 20.0 Å². The fraction of sp³-hybridized carbons (Fsp3) is 0.556. The summed E-state index contributed by atoms with van der Waals surface area (Å²) in [6.45, 7) is 4.52. The van der Waals surface area contributed by atoms with E-state index in [1.807, 2.05) is 33.4 Å². The van der Waals surface area contributed by atoms with Gasteiger partial charge in [-0.05, 0) is 38.2 Å². The van der Waals surface area contributed by atoms with E-state index >= 15 is 0 Å². The number of anilines is 1. The number of aromatic nitrogens is 4. The monoisotopic (exact) mass is 342 g/mol. The summed E-state index contributed by atoms with van der Waals surface area (Å²) in [7, 11) is 3.71. The predicted octanol–water partition coefficient (Wildman–Crippen LogP) is 1.82. The molecule has 2 aromatic rings. The third-order valence-corrected chi connectivity index (χ3v) is 4.68. The number of amides is 1. The molecule has 1 amide bonds. The number of hydrogen-bond acceptors (Lipinski definition) is 5. The highest BCUT2D eigenvalue weighted by Crippen LogP contribution is 2.17. The van der Waals surface area contributed by atoms with Crippen LogP contribution in [0.15, 0.2) is 18.6 Å². The molecular weight excluding hydrogens is 316 g/mol. The summed E-state index contributed by atoms with van der Waals surface area (Å²) < 4.78 is 1.77. The molecule has 0 radical (unpaired) electrons. The minimum Gasteiger partial charge on any atom is -0.341 e. The minimum absolute atomic E-state index is 0.0356. The van der Waals surface area contributed by atoms with Gasteiger partial charge < -0.3 is 9.80 Å². The first kappa shape index (κ1) is 17.4. The fourth-order valence-electron chi connectivity index (χ4n) is 3.12. The van der Waals surface area contributed by atoms with Gasteiger partial charge in [0.1, 0.15) is 0 Å². The van der Waals surface area contributed by atoms with E-state index < -0.39 is 0 Å². The zero-order valence-electron chi connectivity index (χ0n) is 15.3. The molecule has 7 heteroatoms. The average molecular weight is 342 g/mol. The van der Waals surface area contributed by atoms with E-state index in [9.17, 15) is 4.79 Å². The summed E-state index contributed by atoms with van der Waals surface area (Å²) in [5.41, 5.74) is 2.44. The number of likely N-dealkylation sites (N-methyl/N-ethyl adjacent to an activating group) is 1. The molecular formula is C18H26N6O. The molecule has 0 spiro atoms. The Morgan fingerprint density at radius 2 is 2.00 bits per heavy atom. The van der Waals surface area contributed by atoms with Crippen molar-refractivity contribution in [2.45, 2.75) is 32.6 Å². The molecule has 1 fully saturated rings. The van der Waals surface area contributed by atoms with Gasteiger partial charge in [-0.2, -0.15) is 5.10 Å². The van der Waals surface area contributed by atoms with Crippen molar-refractivity contribution in [3.05, 3.63) is 35.4 Å². The van der Waals surface area contributed by atoms with Gasteiger partial charge in [0.25, 0.3) is 5.91 Å². The first-order valence-corrected chi connectivity index (χ1v) is 8.86. The number of rotatable bonds is 5. The van der Waals surface area contributed by atoms with E-state index in [0.717, 1.165) is 36.7 Å². The highest BCUT2D eigenvalue weighted by Gasteiger charge is 2.19. The number of aryl methyl sites for hydroxylation is 2. The second kappa shape index (κ2) is 7.63. The van der Waals surface area contributed by atoms with Gasteiger partial charge in [0.2, 0.25) is 5.95 Å². The van der Waals surface area contributed by atoms with Crippen LogP contribution in [0.5, 0.6) is 0 Å². The number of carbonyl (C=O) groups excluding carboxylic acids is 1. The molecule has 3 heterocycles. The Morgan fingerprint density at radius 1 is 1.24 bits per heavy atom. The largest absolute Gasteiger partial charge is 0.341 e. The summed E-state index contributed by atoms with van der Waals surface area (Å²) in [5, 5.41) is 4.15. The lowest BCUT2D eigenvalue weighted by molar-refractivity contribution is 0.0795. The van der Waals surface area contributed by atoms with Gasteiger partial charge in [-0.1, -0.05) is 0 Å². The van der Waals surface area contributed by atoms with Crippen LogP contribution in [0.4, 0.5) is 5.95 Å². The van der Waals surface area contributed by atoms with Crippen LogP contribution in [0.2, 0.25) is 0 Å². The van der Waals surface area contributed by atoms with E-state index in [0.29, 0.717) is 12.1 Å². The van der Waals surface area contributed by atoms with E-state index in [1.165, 1.54) is 19.3 Å². The van der Waals surface area contributed by atoms with Crippen molar-refractivity contribution in [3.8, 4) is 0 Å². The van der Waals surface area contributed by atoms with Gasteiger partial charge in [-0.25, -0.2) is 9.97 Å². The van der Waals surface area contributed by atoms with E-state index in [4.69, 9.17) is 0 Å². The van der Waals surface area contributed by atoms with Crippen LogP contribution in [0.1, 0.15) is 40.9 Å². The predicted molar refractivity (Wildman–Crippen MR) is 96.7 cm³/mol. The van der Waals surface area contributed by atoms with Gasteiger partial charge in [0, 0.05) is 46.1 Å². The molecule has 0 aromatic carbocycles. The van der Waals surface area contributed by atoms with Crippen molar-refractivity contribution in [2.75, 3.05) is 31.6 Å². The molecule has 1 aliphatic heterocycles. The highest BCUT2D eigenvalue weighted by atomic mass is 16.2. The number of hydrogen-bond donors (Lipinski definition) is 0. The smallest absolute Gasteiger partial charge is 0.257 e. The Kier molecular flexibility index (Phi) is 5.31. The van der Waals surface area contributed by atoms with Gasteiger partial charge in [0.15, 0.2) is 0 Å². The van der Waals surface area contributed by atoms with Crippen molar-refractivity contribution >= 4 is 11.9 Å².